The first-order valence-electron chi connectivity index (χ1n) is 8.30. The molecule has 0 amide bonds. The van der Waals surface area contributed by atoms with Crippen molar-refractivity contribution in [1.82, 2.24) is 0 Å². The summed E-state index contributed by atoms with van der Waals surface area (Å²) in [5.41, 5.74) is 2.13. The number of nitro benzene ring substituents is 1. The van der Waals surface area contributed by atoms with Crippen LogP contribution in [0.2, 0.25) is 0 Å². The first-order valence-corrected chi connectivity index (χ1v) is 8.30. The lowest BCUT2D eigenvalue weighted by Gasteiger charge is -2.12. The van der Waals surface area contributed by atoms with Crippen LogP contribution in [0.1, 0.15) is 22.8 Å². The lowest BCUT2D eigenvalue weighted by atomic mass is 10.00. The number of rotatable bonds is 7. The van der Waals surface area contributed by atoms with Crippen LogP contribution in [0.3, 0.4) is 0 Å². The van der Waals surface area contributed by atoms with E-state index in [1.807, 2.05) is 48.5 Å². The van der Waals surface area contributed by atoms with Crippen LogP contribution in [0.15, 0.2) is 78.9 Å². The van der Waals surface area contributed by atoms with E-state index in [2.05, 4.69) is 0 Å². The third kappa shape index (κ3) is 4.46. The Hall–Kier alpha value is -3.18. The zero-order valence-corrected chi connectivity index (χ0v) is 14.1. The Kier molecular flexibility index (Phi) is 5.61. The Morgan fingerprint density at radius 2 is 1.62 bits per heavy atom. The van der Waals surface area contributed by atoms with Gasteiger partial charge in [-0.2, -0.15) is 0 Å². The molecule has 1 unspecified atom stereocenters. The summed E-state index contributed by atoms with van der Waals surface area (Å²) in [5.74, 6) is 0.429. The van der Waals surface area contributed by atoms with Gasteiger partial charge in [0, 0.05) is 12.0 Å². The fraction of sp³-hybridized carbons (Fsp3) is 0.143. The van der Waals surface area contributed by atoms with Gasteiger partial charge in [-0.1, -0.05) is 60.7 Å². The van der Waals surface area contributed by atoms with Gasteiger partial charge < -0.3 is 9.84 Å². The van der Waals surface area contributed by atoms with Gasteiger partial charge in [0.25, 0.3) is 5.69 Å². The summed E-state index contributed by atoms with van der Waals surface area (Å²) in [7, 11) is 0. The average Bonchev–Trinajstić information content (AvgIpc) is 2.68. The van der Waals surface area contributed by atoms with Crippen molar-refractivity contribution < 1.29 is 14.8 Å². The molecule has 5 heteroatoms. The molecule has 0 heterocycles. The van der Waals surface area contributed by atoms with Crippen molar-refractivity contribution in [2.45, 2.75) is 19.1 Å². The van der Waals surface area contributed by atoms with Gasteiger partial charge in [-0.25, -0.2) is 0 Å². The summed E-state index contributed by atoms with van der Waals surface area (Å²) in [5, 5.41) is 21.8. The van der Waals surface area contributed by atoms with E-state index in [4.69, 9.17) is 4.74 Å². The monoisotopic (exact) mass is 349 g/mol. The third-order valence-electron chi connectivity index (χ3n) is 4.10. The van der Waals surface area contributed by atoms with E-state index in [9.17, 15) is 15.2 Å². The number of ether oxygens (including phenoxy) is 1. The summed E-state index contributed by atoms with van der Waals surface area (Å²) in [6.07, 6.45) is -0.634. The molecule has 0 saturated heterocycles. The topological polar surface area (TPSA) is 72.6 Å². The van der Waals surface area contributed by atoms with E-state index in [1.54, 1.807) is 24.3 Å². The van der Waals surface area contributed by atoms with Gasteiger partial charge in [-0.05, 0) is 23.3 Å². The number of nitro groups is 1. The van der Waals surface area contributed by atoms with Gasteiger partial charge in [-0.15, -0.1) is 0 Å². The van der Waals surface area contributed by atoms with Crippen molar-refractivity contribution in [3.8, 4) is 5.75 Å². The van der Waals surface area contributed by atoms with Gasteiger partial charge in [0.1, 0.15) is 12.4 Å². The zero-order valence-electron chi connectivity index (χ0n) is 14.1. The van der Waals surface area contributed by atoms with Crippen LogP contribution >= 0.6 is 0 Å². The summed E-state index contributed by atoms with van der Waals surface area (Å²) in [6, 6.07) is 23.5. The molecule has 0 aromatic heterocycles. The van der Waals surface area contributed by atoms with Gasteiger partial charge in [0.15, 0.2) is 0 Å². The molecule has 26 heavy (non-hydrogen) atoms. The highest BCUT2D eigenvalue weighted by Crippen LogP contribution is 2.29. The van der Waals surface area contributed by atoms with Crippen LogP contribution in [-0.4, -0.2) is 10.0 Å². The quantitative estimate of drug-likeness (QED) is 0.505. The Morgan fingerprint density at radius 3 is 2.27 bits per heavy atom. The maximum absolute atomic E-state index is 11.4. The Labute approximate surface area is 151 Å². The van der Waals surface area contributed by atoms with E-state index >= 15 is 0 Å². The summed E-state index contributed by atoms with van der Waals surface area (Å²) in [4.78, 5) is 11.0. The normalized spacial score (nSPS) is 11.7. The van der Waals surface area contributed by atoms with Crippen molar-refractivity contribution in [2.24, 2.45) is 0 Å². The molecule has 0 aliphatic heterocycles. The number of nitrogens with zero attached hydrogens (tertiary/aromatic N) is 1. The Balaban J connectivity index is 1.75. The van der Waals surface area contributed by atoms with E-state index in [1.165, 1.54) is 6.07 Å². The van der Waals surface area contributed by atoms with Crippen molar-refractivity contribution in [3.05, 3.63) is 106 Å². The van der Waals surface area contributed by atoms with E-state index < -0.39 is 11.0 Å². The first kappa shape index (κ1) is 17.6. The molecule has 0 spiro atoms. The molecular weight excluding hydrogens is 330 g/mol. The smallest absolute Gasteiger partial charge is 0.276 e. The maximum Gasteiger partial charge on any atom is 0.276 e. The van der Waals surface area contributed by atoms with E-state index in [-0.39, 0.29) is 12.1 Å². The van der Waals surface area contributed by atoms with Crippen molar-refractivity contribution >= 4 is 5.69 Å². The summed E-state index contributed by atoms with van der Waals surface area (Å²) >= 11 is 0. The second-order valence-electron chi connectivity index (χ2n) is 5.95. The standard InChI is InChI=1S/C21H19NO4/c23-21(17-9-5-2-6-10-17)13-18-11-12-19(14-20(18)22(24)25)26-15-16-7-3-1-4-8-16/h1-12,14,21,23H,13,15H2. The maximum atomic E-state index is 11.4. The van der Waals surface area contributed by atoms with Gasteiger partial charge >= 0.3 is 0 Å². The number of benzene rings is 3. The molecule has 132 valence electrons. The molecule has 1 atom stereocenters. The van der Waals surface area contributed by atoms with Gasteiger partial charge in [0.05, 0.1) is 17.1 Å². The summed E-state index contributed by atoms with van der Waals surface area (Å²) < 4.78 is 5.66. The number of aliphatic hydroxyl groups excluding tert-OH is 1. The molecule has 0 saturated carbocycles. The van der Waals surface area contributed by atoms with E-state index in [0.29, 0.717) is 17.9 Å². The molecule has 3 aromatic rings. The molecular formula is C21H19NO4. The highest BCUT2D eigenvalue weighted by atomic mass is 16.6. The summed E-state index contributed by atoms with van der Waals surface area (Å²) in [6.45, 7) is 0.337. The number of hydrogen-bond donors (Lipinski definition) is 1. The Morgan fingerprint density at radius 1 is 0.962 bits per heavy atom. The third-order valence-corrected chi connectivity index (χ3v) is 4.10. The predicted molar refractivity (Wildman–Crippen MR) is 99.0 cm³/mol. The molecule has 5 nitrogen and oxygen atoms in total. The number of aliphatic hydroxyl groups is 1. The lowest BCUT2D eigenvalue weighted by molar-refractivity contribution is -0.385. The lowest BCUT2D eigenvalue weighted by Crippen LogP contribution is -2.05. The fourth-order valence-electron chi connectivity index (χ4n) is 2.72. The molecule has 0 aliphatic carbocycles. The average molecular weight is 349 g/mol. The largest absolute Gasteiger partial charge is 0.489 e. The van der Waals surface area contributed by atoms with Crippen LogP contribution in [0, 0.1) is 10.1 Å². The second kappa shape index (κ2) is 8.27. The minimum Gasteiger partial charge on any atom is -0.489 e. The van der Waals surface area contributed by atoms with Crippen molar-refractivity contribution in [1.29, 1.82) is 0 Å². The molecule has 0 aliphatic rings. The molecule has 0 fully saturated rings. The van der Waals surface area contributed by atoms with Crippen LogP contribution in [0.4, 0.5) is 5.69 Å². The zero-order chi connectivity index (χ0) is 18.4. The molecule has 0 bridgehead atoms. The molecule has 0 radical (unpaired) electrons. The minimum absolute atomic E-state index is 0.0504. The minimum atomic E-state index is -0.800. The molecule has 3 rings (SSSR count). The van der Waals surface area contributed by atoms with Gasteiger partial charge in [0.2, 0.25) is 0 Å². The van der Waals surface area contributed by atoms with Crippen LogP contribution in [-0.2, 0) is 13.0 Å². The van der Waals surface area contributed by atoms with Gasteiger partial charge in [-0.3, -0.25) is 10.1 Å². The highest BCUT2D eigenvalue weighted by Gasteiger charge is 2.19. The highest BCUT2D eigenvalue weighted by molar-refractivity contribution is 5.46. The molecule has 3 aromatic carbocycles. The SMILES string of the molecule is O=[N+]([O-])c1cc(OCc2ccccc2)ccc1CC(O)c1ccccc1. The van der Waals surface area contributed by atoms with Crippen LogP contribution < -0.4 is 4.74 Å². The second-order valence-corrected chi connectivity index (χ2v) is 5.95. The molecule has 1 N–H and O–H groups in total. The first-order chi connectivity index (χ1) is 12.6. The number of hydrogen-bond acceptors (Lipinski definition) is 4. The van der Waals surface area contributed by atoms with Crippen molar-refractivity contribution in [2.75, 3.05) is 0 Å². The predicted octanol–water partition coefficient (Wildman–Crippen LogP) is 4.45. The fourth-order valence-corrected chi connectivity index (χ4v) is 2.72. The van der Waals surface area contributed by atoms with E-state index in [0.717, 1.165) is 11.1 Å². The van der Waals surface area contributed by atoms with Crippen LogP contribution in [0.5, 0.6) is 5.75 Å². The van der Waals surface area contributed by atoms with Crippen molar-refractivity contribution in [3.63, 3.8) is 0 Å². The Bertz CT molecular complexity index is 866. The van der Waals surface area contributed by atoms with Crippen LogP contribution in [0.25, 0.3) is 0 Å².